The van der Waals surface area contributed by atoms with Crippen LogP contribution in [0.25, 0.3) is 10.9 Å². The van der Waals surface area contributed by atoms with Crippen molar-refractivity contribution in [1.29, 1.82) is 0 Å². The third-order valence-electron chi connectivity index (χ3n) is 3.71. The standard InChI is InChI=1S/C13H16N2/c1-15-8-5-10-3-2-4-11(12(10)15)13(9-14)6-7-13/h2-5,8H,6-7,9,14H2,1H3. The number of hydrogen-bond acceptors (Lipinski definition) is 1. The molecule has 2 nitrogen and oxygen atoms in total. The van der Waals surface area contributed by atoms with Gasteiger partial charge in [-0.15, -0.1) is 0 Å². The lowest BCUT2D eigenvalue weighted by Gasteiger charge is -2.15. The van der Waals surface area contributed by atoms with Crippen LogP contribution in [0.15, 0.2) is 30.5 Å². The lowest BCUT2D eigenvalue weighted by atomic mass is 9.94. The van der Waals surface area contributed by atoms with Crippen molar-refractivity contribution in [3.05, 3.63) is 36.0 Å². The van der Waals surface area contributed by atoms with E-state index in [0.29, 0.717) is 0 Å². The second-order valence-electron chi connectivity index (χ2n) is 4.65. The van der Waals surface area contributed by atoms with Gasteiger partial charge in [-0.3, -0.25) is 0 Å². The zero-order chi connectivity index (χ0) is 10.5. The molecule has 0 aliphatic heterocycles. The third-order valence-corrected chi connectivity index (χ3v) is 3.71. The number of nitrogens with zero attached hydrogens (tertiary/aromatic N) is 1. The van der Waals surface area contributed by atoms with E-state index in [-0.39, 0.29) is 5.41 Å². The summed E-state index contributed by atoms with van der Waals surface area (Å²) in [5, 5.41) is 1.33. The quantitative estimate of drug-likeness (QED) is 0.791. The molecule has 1 aromatic carbocycles. The predicted octanol–water partition coefficient (Wildman–Crippen LogP) is 2.17. The van der Waals surface area contributed by atoms with E-state index < -0.39 is 0 Å². The molecule has 0 atom stereocenters. The van der Waals surface area contributed by atoms with Crippen LogP contribution in [0, 0.1) is 0 Å². The summed E-state index contributed by atoms with van der Waals surface area (Å²) in [6, 6.07) is 8.73. The highest BCUT2D eigenvalue weighted by Gasteiger charge is 2.44. The first-order valence-electron chi connectivity index (χ1n) is 5.51. The van der Waals surface area contributed by atoms with Crippen molar-refractivity contribution in [2.45, 2.75) is 18.3 Å². The number of benzene rings is 1. The van der Waals surface area contributed by atoms with Crippen LogP contribution in [0.4, 0.5) is 0 Å². The van der Waals surface area contributed by atoms with Gasteiger partial charge < -0.3 is 10.3 Å². The van der Waals surface area contributed by atoms with E-state index in [4.69, 9.17) is 5.73 Å². The van der Waals surface area contributed by atoms with Crippen molar-refractivity contribution in [2.24, 2.45) is 12.8 Å². The molecule has 1 saturated carbocycles. The number of aryl methyl sites for hydroxylation is 1. The molecule has 1 aromatic heterocycles. The molecule has 2 N–H and O–H groups in total. The Hall–Kier alpha value is -1.28. The van der Waals surface area contributed by atoms with E-state index in [0.717, 1.165) is 6.54 Å². The Balaban J connectivity index is 2.30. The molecule has 2 aromatic rings. The van der Waals surface area contributed by atoms with Crippen LogP contribution in [0.5, 0.6) is 0 Å². The van der Waals surface area contributed by atoms with E-state index >= 15 is 0 Å². The first kappa shape index (κ1) is 8.98. The maximum atomic E-state index is 5.90. The summed E-state index contributed by atoms with van der Waals surface area (Å²) in [5.74, 6) is 0. The van der Waals surface area contributed by atoms with Gasteiger partial charge in [0, 0.05) is 25.2 Å². The molecule has 1 fully saturated rings. The molecular weight excluding hydrogens is 184 g/mol. The van der Waals surface area contributed by atoms with Crippen LogP contribution in [-0.2, 0) is 12.5 Å². The first-order valence-corrected chi connectivity index (χ1v) is 5.51. The summed E-state index contributed by atoms with van der Waals surface area (Å²) in [4.78, 5) is 0. The normalized spacial score (nSPS) is 18.3. The number of para-hydroxylation sites is 1. The summed E-state index contributed by atoms with van der Waals surface area (Å²) in [7, 11) is 2.11. The van der Waals surface area contributed by atoms with Crippen molar-refractivity contribution < 1.29 is 0 Å². The molecule has 0 bridgehead atoms. The minimum Gasteiger partial charge on any atom is -0.350 e. The highest BCUT2D eigenvalue weighted by molar-refractivity contribution is 5.84. The molecule has 1 heterocycles. The van der Waals surface area contributed by atoms with Gasteiger partial charge in [-0.05, 0) is 29.9 Å². The zero-order valence-corrected chi connectivity index (χ0v) is 9.03. The van der Waals surface area contributed by atoms with E-state index in [9.17, 15) is 0 Å². The summed E-state index contributed by atoms with van der Waals surface area (Å²) in [5.41, 5.74) is 8.99. The van der Waals surface area contributed by atoms with Gasteiger partial charge in [0.05, 0.1) is 5.52 Å². The van der Waals surface area contributed by atoms with Crippen LogP contribution < -0.4 is 5.73 Å². The molecule has 0 saturated heterocycles. The van der Waals surface area contributed by atoms with Crippen molar-refractivity contribution >= 4 is 10.9 Å². The maximum absolute atomic E-state index is 5.90. The Morgan fingerprint density at radius 1 is 1.33 bits per heavy atom. The Bertz CT molecular complexity index is 506. The van der Waals surface area contributed by atoms with Crippen LogP contribution in [0.3, 0.4) is 0 Å². The van der Waals surface area contributed by atoms with Crippen molar-refractivity contribution in [3.8, 4) is 0 Å². The Morgan fingerprint density at radius 2 is 2.13 bits per heavy atom. The summed E-state index contributed by atoms with van der Waals surface area (Å²) < 4.78 is 2.21. The lowest BCUT2D eigenvalue weighted by molar-refractivity contribution is 0.706. The Labute approximate surface area is 89.7 Å². The topological polar surface area (TPSA) is 30.9 Å². The highest BCUT2D eigenvalue weighted by atomic mass is 14.9. The molecule has 1 aliphatic carbocycles. The van der Waals surface area contributed by atoms with Gasteiger partial charge in [-0.25, -0.2) is 0 Å². The van der Waals surface area contributed by atoms with Crippen molar-refractivity contribution in [3.63, 3.8) is 0 Å². The second-order valence-corrected chi connectivity index (χ2v) is 4.65. The largest absolute Gasteiger partial charge is 0.350 e. The Kier molecular flexibility index (Phi) is 1.71. The smallest absolute Gasteiger partial charge is 0.0516 e. The number of rotatable bonds is 2. The minimum absolute atomic E-state index is 0.283. The SMILES string of the molecule is Cn1ccc2cccc(C3(CN)CC3)c21. The molecule has 1 aliphatic rings. The van der Waals surface area contributed by atoms with Crippen molar-refractivity contribution in [1.82, 2.24) is 4.57 Å². The third kappa shape index (κ3) is 1.15. The van der Waals surface area contributed by atoms with Gasteiger partial charge in [0.25, 0.3) is 0 Å². The number of fused-ring (bicyclic) bond motifs is 1. The summed E-state index contributed by atoms with van der Waals surface area (Å²) in [6.07, 6.45) is 4.61. The van der Waals surface area contributed by atoms with E-state index in [1.807, 2.05) is 0 Å². The Morgan fingerprint density at radius 3 is 2.80 bits per heavy atom. The lowest BCUT2D eigenvalue weighted by Crippen LogP contribution is -2.20. The molecule has 0 radical (unpaired) electrons. The molecule has 0 spiro atoms. The maximum Gasteiger partial charge on any atom is 0.0516 e. The van der Waals surface area contributed by atoms with Gasteiger partial charge in [-0.2, -0.15) is 0 Å². The molecule has 3 rings (SSSR count). The average molecular weight is 200 g/mol. The van der Waals surface area contributed by atoms with Gasteiger partial charge >= 0.3 is 0 Å². The van der Waals surface area contributed by atoms with Crippen molar-refractivity contribution in [2.75, 3.05) is 6.54 Å². The highest BCUT2D eigenvalue weighted by Crippen LogP contribution is 2.49. The molecular formula is C13H16N2. The monoisotopic (exact) mass is 200 g/mol. The molecule has 0 amide bonds. The second kappa shape index (κ2) is 2.86. The predicted molar refractivity (Wildman–Crippen MR) is 62.9 cm³/mol. The van der Waals surface area contributed by atoms with Gasteiger partial charge in [0.15, 0.2) is 0 Å². The first-order chi connectivity index (χ1) is 7.27. The average Bonchev–Trinajstić information content (AvgIpc) is 2.98. The molecule has 78 valence electrons. The molecule has 2 heteroatoms. The van der Waals surface area contributed by atoms with Crippen LogP contribution >= 0.6 is 0 Å². The number of nitrogens with two attached hydrogens (primary N) is 1. The van der Waals surface area contributed by atoms with E-state index in [2.05, 4.69) is 42.1 Å². The van der Waals surface area contributed by atoms with Crippen LogP contribution in [-0.4, -0.2) is 11.1 Å². The number of aromatic nitrogens is 1. The van der Waals surface area contributed by atoms with E-state index in [1.165, 1.54) is 29.3 Å². The van der Waals surface area contributed by atoms with Gasteiger partial charge in [0.1, 0.15) is 0 Å². The minimum atomic E-state index is 0.283. The summed E-state index contributed by atoms with van der Waals surface area (Å²) in [6.45, 7) is 0.775. The zero-order valence-electron chi connectivity index (χ0n) is 9.03. The van der Waals surface area contributed by atoms with Gasteiger partial charge in [0.2, 0.25) is 0 Å². The van der Waals surface area contributed by atoms with E-state index in [1.54, 1.807) is 0 Å². The van der Waals surface area contributed by atoms with Crippen LogP contribution in [0.1, 0.15) is 18.4 Å². The van der Waals surface area contributed by atoms with Gasteiger partial charge in [-0.1, -0.05) is 18.2 Å². The summed E-state index contributed by atoms with van der Waals surface area (Å²) >= 11 is 0. The fourth-order valence-corrected chi connectivity index (χ4v) is 2.52. The fourth-order valence-electron chi connectivity index (χ4n) is 2.52. The number of hydrogen-bond donors (Lipinski definition) is 1. The molecule has 0 unspecified atom stereocenters. The fraction of sp³-hybridized carbons (Fsp3) is 0.385. The molecule has 15 heavy (non-hydrogen) atoms. The van der Waals surface area contributed by atoms with Crippen LogP contribution in [0.2, 0.25) is 0 Å².